The summed E-state index contributed by atoms with van der Waals surface area (Å²) in [4.78, 5) is 10.0. The number of aromatic hydroxyl groups is 1. The zero-order valence-electron chi connectivity index (χ0n) is 6.90. The summed E-state index contributed by atoms with van der Waals surface area (Å²) >= 11 is 5.82. The highest BCUT2D eigenvalue weighted by Gasteiger charge is 1.96. The Hall–Kier alpha value is -1.28. The SMILES string of the molecule is O=CCC=Cc1cc(O)ccc1Cl. The summed E-state index contributed by atoms with van der Waals surface area (Å²) in [5.41, 5.74) is 0.712. The topological polar surface area (TPSA) is 37.3 Å². The van der Waals surface area contributed by atoms with Gasteiger partial charge in [0.15, 0.2) is 0 Å². The van der Waals surface area contributed by atoms with Crippen molar-refractivity contribution in [1.82, 2.24) is 0 Å². The van der Waals surface area contributed by atoms with Crippen molar-refractivity contribution in [1.29, 1.82) is 0 Å². The van der Waals surface area contributed by atoms with Crippen LogP contribution in [0.5, 0.6) is 5.75 Å². The van der Waals surface area contributed by atoms with Crippen LogP contribution in [0.1, 0.15) is 12.0 Å². The molecule has 0 unspecified atom stereocenters. The Labute approximate surface area is 81.5 Å². The Kier molecular flexibility index (Phi) is 3.53. The van der Waals surface area contributed by atoms with Gasteiger partial charge in [-0.1, -0.05) is 23.8 Å². The van der Waals surface area contributed by atoms with E-state index < -0.39 is 0 Å². The van der Waals surface area contributed by atoms with Crippen LogP contribution in [0.15, 0.2) is 24.3 Å². The molecule has 0 radical (unpaired) electrons. The van der Waals surface area contributed by atoms with Gasteiger partial charge in [0.1, 0.15) is 12.0 Å². The molecule has 0 heterocycles. The molecule has 3 heteroatoms. The van der Waals surface area contributed by atoms with Gasteiger partial charge in [-0.05, 0) is 23.8 Å². The lowest BCUT2D eigenvalue weighted by molar-refractivity contribution is -0.107. The zero-order chi connectivity index (χ0) is 9.68. The number of rotatable bonds is 3. The van der Waals surface area contributed by atoms with Gasteiger partial charge in [0.25, 0.3) is 0 Å². The predicted molar refractivity (Wildman–Crippen MR) is 52.8 cm³/mol. The number of halogens is 1. The highest BCUT2D eigenvalue weighted by molar-refractivity contribution is 6.32. The number of carbonyl (C=O) groups excluding carboxylic acids is 1. The molecule has 0 aromatic heterocycles. The molecule has 1 aromatic rings. The van der Waals surface area contributed by atoms with Gasteiger partial charge in [-0.15, -0.1) is 0 Å². The number of benzene rings is 1. The summed E-state index contributed by atoms with van der Waals surface area (Å²) in [6.45, 7) is 0. The molecule has 0 aliphatic carbocycles. The van der Waals surface area contributed by atoms with Gasteiger partial charge < -0.3 is 9.90 Å². The first-order valence-electron chi connectivity index (χ1n) is 3.82. The van der Waals surface area contributed by atoms with Crippen LogP contribution < -0.4 is 0 Å². The van der Waals surface area contributed by atoms with Crippen LogP contribution >= 0.6 is 11.6 Å². The van der Waals surface area contributed by atoms with E-state index in [1.165, 1.54) is 6.07 Å². The lowest BCUT2D eigenvalue weighted by atomic mass is 10.2. The first-order valence-corrected chi connectivity index (χ1v) is 4.20. The molecule has 0 saturated carbocycles. The molecule has 0 aliphatic rings. The van der Waals surface area contributed by atoms with Crippen LogP contribution in [0.4, 0.5) is 0 Å². The normalized spacial score (nSPS) is 10.5. The van der Waals surface area contributed by atoms with Crippen molar-refractivity contribution in [2.75, 3.05) is 0 Å². The first-order chi connectivity index (χ1) is 6.24. The third-order valence-corrected chi connectivity index (χ3v) is 1.85. The Balaban J connectivity index is 2.86. The lowest BCUT2D eigenvalue weighted by Crippen LogP contribution is -1.75. The fourth-order valence-electron chi connectivity index (χ4n) is 0.909. The molecule has 2 nitrogen and oxygen atoms in total. The number of allylic oxidation sites excluding steroid dienone is 1. The largest absolute Gasteiger partial charge is 0.508 e. The van der Waals surface area contributed by atoms with Crippen LogP contribution in [0.25, 0.3) is 6.08 Å². The minimum Gasteiger partial charge on any atom is -0.508 e. The molecule has 1 aromatic carbocycles. The summed E-state index contributed by atoms with van der Waals surface area (Å²) < 4.78 is 0. The summed E-state index contributed by atoms with van der Waals surface area (Å²) in [5, 5.41) is 9.69. The van der Waals surface area contributed by atoms with Gasteiger partial charge in [0, 0.05) is 11.4 Å². The van der Waals surface area contributed by atoms with Crippen molar-refractivity contribution in [3.8, 4) is 5.75 Å². The first kappa shape index (κ1) is 9.81. The molecule has 1 rings (SSSR count). The minimum atomic E-state index is 0.162. The highest BCUT2D eigenvalue weighted by atomic mass is 35.5. The molecule has 0 spiro atoms. The van der Waals surface area contributed by atoms with E-state index in [4.69, 9.17) is 16.7 Å². The van der Waals surface area contributed by atoms with Crippen LogP contribution in [-0.2, 0) is 4.79 Å². The Morgan fingerprint density at radius 3 is 2.92 bits per heavy atom. The second-order valence-electron chi connectivity index (χ2n) is 2.51. The van der Waals surface area contributed by atoms with E-state index in [2.05, 4.69) is 0 Å². The average molecular weight is 197 g/mol. The summed E-state index contributed by atoms with van der Waals surface area (Å²) in [5.74, 6) is 0.162. The second-order valence-corrected chi connectivity index (χ2v) is 2.92. The maximum atomic E-state index is 10.0. The molecule has 0 aliphatic heterocycles. The molecule has 0 fully saturated rings. The number of hydrogen-bond donors (Lipinski definition) is 1. The fraction of sp³-hybridized carbons (Fsp3) is 0.100. The van der Waals surface area contributed by atoms with Gasteiger partial charge in [0.2, 0.25) is 0 Å². The van der Waals surface area contributed by atoms with E-state index >= 15 is 0 Å². The van der Waals surface area contributed by atoms with Crippen molar-refractivity contribution in [2.45, 2.75) is 6.42 Å². The van der Waals surface area contributed by atoms with Crippen molar-refractivity contribution < 1.29 is 9.90 Å². The maximum absolute atomic E-state index is 10.0. The summed E-state index contributed by atoms with van der Waals surface area (Å²) in [7, 11) is 0. The smallest absolute Gasteiger partial charge is 0.123 e. The molecule has 0 atom stereocenters. The molecule has 0 saturated heterocycles. The molecule has 13 heavy (non-hydrogen) atoms. The van der Waals surface area contributed by atoms with E-state index in [1.54, 1.807) is 24.3 Å². The van der Waals surface area contributed by atoms with E-state index in [0.29, 0.717) is 17.0 Å². The molecule has 68 valence electrons. The van der Waals surface area contributed by atoms with Crippen molar-refractivity contribution in [3.05, 3.63) is 34.9 Å². The number of carbonyl (C=O) groups is 1. The van der Waals surface area contributed by atoms with Gasteiger partial charge in [-0.2, -0.15) is 0 Å². The molecular weight excluding hydrogens is 188 g/mol. The third-order valence-electron chi connectivity index (χ3n) is 1.51. The molecule has 0 amide bonds. The van der Waals surface area contributed by atoms with Gasteiger partial charge in [0.05, 0.1) is 0 Å². The van der Waals surface area contributed by atoms with Gasteiger partial charge in [-0.25, -0.2) is 0 Å². The highest BCUT2D eigenvalue weighted by Crippen LogP contribution is 2.22. The van der Waals surface area contributed by atoms with E-state index in [9.17, 15) is 4.79 Å². The Bertz CT molecular complexity index is 332. The maximum Gasteiger partial charge on any atom is 0.123 e. The van der Waals surface area contributed by atoms with E-state index in [0.717, 1.165) is 6.29 Å². The number of phenols is 1. The third kappa shape index (κ3) is 2.92. The summed E-state index contributed by atoms with van der Waals surface area (Å²) in [6, 6.07) is 4.67. The van der Waals surface area contributed by atoms with Crippen LogP contribution in [0.2, 0.25) is 5.02 Å². The molecule has 1 N–H and O–H groups in total. The predicted octanol–water partition coefficient (Wildman–Crippen LogP) is 2.65. The monoisotopic (exact) mass is 196 g/mol. The van der Waals surface area contributed by atoms with Crippen LogP contribution in [0, 0.1) is 0 Å². The number of hydrogen-bond acceptors (Lipinski definition) is 2. The van der Waals surface area contributed by atoms with Crippen molar-refractivity contribution in [3.63, 3.8) is 0 Å². The quantitative estimate of drug-likeness (QED) is 0.755. The Morgan fingerprint density at radius 2 is 2.23 bits per heavy atom. The van der Waals surface area contributed by atoms with Crippen molar-refractivity contribution in [2.24, 2.45) is 0 Å². The van der Waals surface area contributed by atoms with E-state index in [1.807, 2.05) is 0 Å². The fourth-order valence-corrected chi connectivity index (χ4v) is 1.09. The Morgan fingerprint density at radius 1 is 1.46 bits per heavy atom. The molecule has 0 bridgehead atoms. The van der Waals surface area contributed by atoms with Gasteiger partial charge in [-0.3, -0.25) is 0 Å². The van der Waals surface area contributed by atoms with E-state index in [-0.39, 0.29) is 5.75 Å². The van der Waals surface area contributed by atoms with Crippen molar-refractivity contribution >= 4 is 24.0 Å². The average Bonchev–Trinajstić information content (AvgIpc) is 2.11. The van der Waals surface area contributed by atoms with Crippen LogP contribution in [0.3, 0.4) is 0 Å². The minimum absolute atomic E-state index is 0.162. The summed E-state index contributed by atoms with van der Waals surface area (Å²) in [6.07, 6.45) is 4.54. The standard InChI is InChI=1S/C10H9ClO2/c11-10-5-4-9(13)7-8(10)3-1-2-6-12/h1,3-7,13H,2H2. The number of phenolic OH excluding ortho intramolecular Hbond substituents is 1. The van der Waals surface area contributed by atoms with Crippen LogP contribution in [-0.4, -0.2) is 11.4 Å². The zero-order valence-corrected chi connectivity index (χ0v) is 7.66. The lowest BCUT2D eigenvalue weighted by Gasteiger charge is -1.98. The molecular formula is C10H9ClO2. The second kappa shape index (κ2) is 4.67. The van der Waals surface area contributed by atoms with Gasteiger partial charge >= 0.3 is 0 Å². The number of aldehydes is 1.